The first-order chi connectivity index (χ1) is 11.4. The largest absolute Gasteiger partial charge is 0.369 e. The maximum Gasteiger partial charge on any atom is 0.124 e. The minimum Gasteiger partial charge on any atom is -0.369 e. The zero-order valence-corrected chi connectivity index (χ0v) is 14.5. The Morgan fingerprint density at radius 3 is 2.52 bits per heavy atom. The van der Waals surface area contributed by atoms with Crippen molar-refractivity contribution in [1.29, 1.82) is 0 Å². The molecule has 0 amide bonds. The Kier molecular flexibility index (Phi) is 4.41. The molecule has 3 heterocycles. The van der Waals surface area contributed by atoms with Gasteiger partial charge in [0.2, 0.25) is 0 Å². The van der Waals surface area contributed by atoms with Crippen molar-refractivity contribution in [2.45, 2.75) is 6.54 Å². The maximum atomic E-state index is 4.79. The third-order valence-corrected chi connectivity index (χ3v) is 5.82. The van der Waals surface area contributed by atoms with Gasteiger partial charge in [-0.05, 0) is 23.6 Å². The van der Waals surface area contributed by atoms with E-state index in [9.17, 15) is 0 Å². The van der Waals surface area contributed by atoms with E-state index in [2.05, 4.69) is 62.3 Å². The molecule has 0 atom stereocenters. The van der Waals surface area contributed by atoms with Crippen LogP contribution in [-0.4, -0.2) is 36.1 Å². The Hall–Kier alpha value is -1.69. The van der Waals surface area contributed by atoms with Gasteiger partial charge in [0, 0.05) is 54.7 Å². The second-order valence-electron chi connectivity index (χ2n) is 5.75. The molecular formula is C18H19N3S2. The van der Waals surface area contributed by atoms with Gasteiger partial charge in [0.05, 0.1) is 5.69 Å². The minimum atomic E-state index is 0.962. The number of benzene rings is 1. The molecule has 0 radical (unpaired) electrons. The van der Waals surface area contributed by atoms with Gasteiger partial charge in [0.15, 0.2) is 0 Å². The zero-order chi connectivity index (χ0) is 15.5. The molecule has 3 nitrogen and oxygen atoms in total. The number of piperazine rings is 1. The third-order valence-electron chi connectivity index (χ3n) is 4.20. The number of para-hydroxylation sites is 1. The Bertz CT molecular complexity index is 729. The highest BCUT2D eigenvalue weighted by atomic mass is 32.1. The molecule has 1 aliphatic heterocycles. The number of aromatic nitrogens is 1. The number of thiazole rings is 1. The van der Waals surface area contributed by atoms with Crippen LogP contribution < -0.4 is 4.90 Å². The molecule has 0 saturated carbocycles. The summed E-state index contributed by atoms with van der Waals surface area (Å²) in [6, 6.07) is 12.8. The molecule has 4 rings (SSSR count). The Labute approximate surface area is 144 Å². The van der Waals surface area contributed by atoms with Crippen LogP contribution in [0, 0.1) is 0 Å². The Morgan fingerprint density at radius 2 is 1.78 bits per heavy atom. The van der Waals surface area contributed by atoms with Crippen LogP contribution in [0.15, 0.2) is 52.5 Å². The van der Waals surface area contributed by atoms with Crippen LogP contribution >= 0.6 is 22.7 Å². The van der Waals surface area contributed by atoms with E-state index >= 15 is 0 Å². The van der Waals surface area contributed by atoms with Gasteiger partial charge < -0.3 is 4.90 Å². The van der Waals surface area contributed by atoms with E-state index in [-0.39, 0.29) is 0 Å². The third kappa shape index (κ3) is 3.47. The van der Waals surface area contributed by atoms with Gasteiger partial charge in [-0.25, -0.2) is 4.98 Å². The number of nitrogens with zero attached hydrogens (tertiary/aromatic N) is 3. The molecule has 3 aromatic rings. The normalized spacial score (nSPS) is 15.9. The van der Waals surface area contributed by atoms with Crippen LogP contribution in [0.2, 0.25) is 0 Å². The van der Waals surface area contributed by atoms with Gasteiger partial charge in [0.1, 0.15) is 5.01 Å². The highest BCUT2D eigenvalue weighted by Crippen LogP contribution is 2.26. The average molecular weight is 342 g/mol. The van der Waals surface area contributed by atoms with Gasteiger partial charge in [-0.2, -0.15) is 11.3 Å². The van der Waals surface area contributed by atoms with E-state index in [1.807, 2.05) is 0 Å². The Morgan fingerprint density at radius 1 is 0.957 bits per heavy atom. The van der Waals surface area contributed by atoms with E-state index < -0.39 is 0 Å². The average Bonchev–Trinajstić information content (AvgIpc) is 3.28. The van der Waals surface area contributed by atoms with Crippen LogP contribution in [0.5, 0.6) is 0 Å². The molecule has 0 unspecified atom stereocenters. The number of thiophene rings is 1. The second kappa shape index (κ2) is 6.83. The fraction of sp³-hybridized carbons (Fsp3) is 0.278. The predicted molar refractivity (Wildman–Crippen MR) is 99.4 cm³/mol. The lowest BCUT2D eigenvalue weighted by Gasteiger charge is -2.35. The number of hydrogen-bond donors (Lipinski definition) is 0. The van der Waals surface area contributed by atoms with Crippen LogP contribution in [-0.2, 0) is 6.54 Å². The van der Waals surface area contributed by atoms with E-state index in [1.165, 1.54) is 16.9 Å². The van der Waals surface area contributed by atoms with E-state index in [0.717, 1.165) is 37.7 Å². The first-order valence-electron chi connectivity index (χ1n) is 7.88. The molecular weight excluding hydrogens is 322 g/mol. The summed E-state index contributed by atoms with van der Waals surface area (Å²) in [4.78, 5) is 9.77. The van der Waals surface area contributed by atoms with Crippen LogP contribution in [0.3, 0.4) is 0 Å². The molecule has 0 spiro atoms. The van der Waals surface area contributed by atoms with Crippen molar-refractivity contribution in [2.75, 3.05) is 31.1 Å². The van der Waals surface area contributed by atoms with Crippen LogP contribution in [0.1, 0.15) is 5.69 Å². The summed E-state index contributed by atoms with van der Waals surface area (Å²) in [7, 11) is 0. The summed E-state index contributed by atoms with van der Waals surface area (Å²) in [6.45, 7) is 5.33. The van der Waals surface area contributed by atoms with Gasteiger partial charge in [-0.3, -0.25) is 4.90 Å². The number of rotatable bonds is 4. The number of anilines is 1. The lowest BCUT2D eigenvalue weighted by molar-refractivity contribution is 0.247. The van der Waals surface area contributed by atoms with Crippen molar-refractivity contribution in [3.05, 3.63) is 58.2 Å². The summed E-state index contributed by atoms with van der Waals surface area (Å²) < 4.78 is 0. The van der Waals surface area contributed by atoms with E-state index in [1.54, 1.807) is 22.7 Å². The number of hydrogen-bond acceptors (Lipinski definition) is 5. The topological polar surface area (TPSA) is 19.4 Å². The monoisotopic (exact) mass is 341 g/mol. The van der Waals surface area contributed by atoms with Crippen molar-refractivity contribution in [3.63, 3.8) is 0 Å². The smallest absolute Gasteiger partial charge is 0.124 e. The standard InChI is InChI=1S/C18H19N3S2/c1-2-4-17(5-3-1)21-9-7-20(8-10-21)12-16-14-23-18(19-16)15-6-11-22-13-15/h1-6,11,13-14H,7-10,12H2. The predicted octanol–water partition coefficient (Wildman–Crippen LogP) is 4.19. The summed E-state index contributed by atoms with van der Waals surface area (Å²) in [5.74, 6) is 0. The van der Waals surface area contributed by atoms with Gasteiger partial charge in [-0.15, -0.1) is 11.3 Å². The summed E-state index contributed by atoms with van der Waals surface area (Å²) >= 11 is 3.48. The van der Waals surface area contributed by atoms with Crippen molar-refractivity contribution in [1.82, 2.24) is 9.88 Å². The summed E-state index contributed by atoms with van der Waals surface area (Å²) in [5.41, 5.74) is 3.78. The maximum absolute atomic E-state index is 4.79. The SMILES string of the molecule is c1ccc(N2CCN(Cc3csc(-c4ccsc4)n3)CC2)cc1. The molecule has 2 aromatic heterocycles. The van der Waals surface area contributed by atoms with Gasteiger partial charge >= 0.3 is 0 Å². The van der Waals surface area contributed by atoms with E-state index in [4.69, 9.17) is 4.98 Å². The lowest BCUT2D eigenvalue weighted by Crippen LogP contribution is -2.46. The van der Waals surface area contributed by atoms with Crippen molar-refractivity contribution in [3.8, 4) is 10.6 Å². The molecule has 118 valence electrons. The second-order valence-corrected chi connectivity index (χ2v) is 7.39. The summed E-state index contributed by atoms with van der Waals surface area (Å²) in [6.07, 6.45) is 0. The molecule has 0 N–H and O–H groups in total. The van der Waals surface area contributed by atoms with Crippen molar-refractivity contribution in [2.24, 2.45) is 0 Å². The lowest BCUT2D eigenvalue weighted by atomic mass is 10.2. The van der Waals surface area contributed by atoms with Crippen molar-refractivity contribution < 1.29 is 0 Å². The fourth-order valence-corrected chi connectivity index (χ4v) is 4.45. The fourth-order valence-electron chi connectivity index (χ4n) is 2.93. The molecule has 0 bridgehead atoms. The van der Waals surface area contributed by atoms with Crippen LogP contribution in [0.4, 0.5) is 5.69 Å². The van der Waals surface area contributed by atoms with Gasteiger partial charge in [-0.1, -0.05) is 18.2 Å². The van der Waals surface area contributed by atoms with E-state index in [0.29, 0.717) is 0 Å². The molecule has 1 saturated heterocycles. The molecule has 1 aromatic carbocycles. The Balaban J connectivity index is 1.35. The van der Waals surface area contributed by atoms with Gasteiger partial charge in [0.25, 0.3) is 0 Å². The zero-order valence-electron chi connectivity index (χ0n) is 12.9. The molecule has 23 heavy (non-hydrogen) atoms. The highest BCUT2D eigenvalue weighted by molar-refractivity contribution is 7.14. The first-order valence-corrected chi connectivity index (χ1v) is 9.70. The molecule has 5 heteroatoms. The van der Waals surface area contributed by atoms with Crippen LogP contribution in [0.25, 0.3) is 10.6 Å². The van der Waals surface area contributed by atoms with Crippen molar-refractivity contribution >= 4 is 28.4 Å². The molecule has 0 aliphatic carbocycles. The molecule has 1 fully saturated rings. The minimum absolute atomic E-state index is 0.962. The quantitative estimate of drug-likeness (QED) is 0.709. The highest BCUT2D eigenvalue weighted by Gasteiger charge is 2.18. The summed E-state index contributed by atoms with van der Waals surface area (Å²) in [5, 5.41) is 7.63. The molecule has 1 aliphatic rings. The first kappa shape index (κ1) is 14.9.